The lowest BCUT2D eigenvalue weighted by molar-refractivity contribution is 0.0572. The molecule has 18 heavy (non-hydrogen) atoms. The Morgan fingerprint density at radius 1 is 1.50 bits per heavy atom. The third kappa shape index (κ3) is 2.60. The molecule has 1 fully saturated rings. The summed E-state index contributed by atoms with van der Waals surface area (Å²) in [6.45, 7) is 3.01. The fourth-order valence-corrected chi connectivity index (χ4v) is 1.96. The van der Waals surface area contributed by atoms with Crippen LogP contribution in [0.4, 0.5) is 5.82 Å². The van der Waals surface area contributed by atoms with E-state index < -0.39 is 12.2 Å². The second-order valence-electron chi connectivity index (χ2n) is 4.30. The number of aliphatic hydroxyl groups excluding tert-OH is 2. The van der Waals surface area contributed by atoms with Crippen LogP contribution in [-0.2, 0) is 0 Å². The van der Waals surface area contributed by atoms with Crippen molar-refractivity contribution in [3.8, 4) is 0 Å². The van der Waals surface area contributed by atoms with Crippen LogP contribution in [0.2, 0.25) is 0 Å². The van der Waals surface area contributed by atoms with Crippen molar-refractivity contribution < 1.29 is 15.0 Å². The second-order valence-corrected chi connectivity index (χ2v) is 4.30. The number of rotatable bonds is 3. The molecule has 0 radical (unpaired) electrons. The summed E-state index contributed by atoms with van der Waals surface area (Å²) in [5.41, 5.74) is 0.502. The van der Waals surface area contributed by atoms with Crippen molar-refractivity contribution in [2.75, 3.05) is 25.0 Å². The maximum atomic E-state index is 12.1. The first-order valence-electron chi connectivity index (χ1n) is 5.97. The fourth-order valence-electron chi connectivity index (χ4n) is 1.96. The lowest BCUT2D eigenvalue weighted by atomic mass is 10.2. The largest absolute Gasteiger partial charge is 0.388 e. The van der Waals surface area contributed by atoms with E-state index in [1.807, 2.05) is 6.92 Å². The molecule has 6 heteroatoms. The van der Waals surface area contributed by atoms with Gasteiger partial charge in [0.25, 0.3) is 5.91 Å². The Bertz CT molecular complexity index is 428. The first kappa shape index (κ1) is 12.8. The minimum Gasteiger partial charge on any atom is -0.388 e. The Hall–Kier alpha value is -1.66. The molecule has 2 rings (SSSR count). The summed E-state index contributed by atoms with van der Waals surface area (Å²) in [6, 6.07) is 3.29. The number of pyridine rings is 1. The lowest BCUT2D eigenvalue weighted by Crippen LogP contribution is -2.29. The summed E-state index contributed by atoms with van der Waals surface area (Å²) in [7, 11) is 0. The van der Waals surface area contributed by atoms with E-state index in [0.29, 0.717) is 11.4 Å². The number of likely N-dealkylation sites (tertiary alicyclic amines) is 1. The van der Waals surface area contributed by atoms with E-state index in [0.717, 1.165) is 6.54 Å². The normalized spacial score (nSPS) is 23.2. The summed E-state index contributed by atoms with van der Waals surface area (Å²) in [5, 5.41) is 21.9. The highest BCUT2D eigenvalue weighted by atomic mass is 16.3. The number of hydrogen-bond acceptors (Lipinski definition) is 5. The molecule has 98 valence electrons. The van der Waals surface area contributed by atoms with Crippen LogP contribution in [0, 0.1) is 0 Å². The zero-order valence-corrected chi connectivity index (χ0v) is 10.2. The van der Waals surface area contributed by atoms with Crippen molar-refractivity contribution in [2.45, 2.75) is 19.1 Å². The third-order valence-electron chi connectivity index (χ3n) is 2.91. The van der Waals surface area contributed by atoms with E-state index in [2.05, 4.69) is 10.3 Å². The molecule has 2 heterocycles. The quantitative estimate of drug-likeness (QED) is 0.686. The van der Waals surface area contributed by atoms with Crippen LogP contribution in [0.5, 0.6) is 0 Å². The van der Waals surface area contributed by atoms with Crippen LogP contribution in [0.1, 0.15) is 17.3 Å². The smallest absolute Gasteiger partial charge is 0.254 e. The molecule has 1 aromatic rings. The summed E-state index contributed by atoms with van der Waals surface area (Å²) >= 11 is 0. The second kappa shape index (κ2) is 5.32. The van der Waals surface area contributed by atoms with Crippen molar-refractivity contribution in [2.24, 2.45) is 0 Å². The maximum Gasteiger partial charge on any atom is 0.254 e. The zero-order chi connectivity index (χ0) is 13.1. The third-order valence-corrected chi connectivity index (χ3v) is 2.91. The lowest BCUT2D eigenvalue weighted by Gasteiger charge is -2.15. The van der Waals surface area contributed by atoms with Gasteiger partial charge in [0.1, 0.15) is 5.82 Å². The van der Waals surface area contributed by atoms with Crippen LogP contribution in [0.15, 0.2) is 18.3 Å². The van der Waals surface area contributed by atoms with Gasteiger partial charge in [0.2, 0.25) is 0 Å². The minimum absolute atomic E-state index is 0.166. The molecule has 1 aliphatic heterocycles. The first-order chi connectivity index (χ1) is 8.61. The van der Waals surface area contributed by atoms with Gasteiger partial charge < -0.3 is 20.4 Å². The van der Waals surface area contributed by atoms with Gasteiger partial charge in [0, 0.05) is 31.4 Å². The number of carbonyl (C=O) groups is 1. The Morgan fingerprint density at radius 2 is 2.17 bits per heavy atom. The molecule has 1 saturated heterocycles. The number of amides is 1. The molecule has 6 nitrogen and oxygen atoms in total. The van der Waals surface area contributed by atoms with Gasteiger partial charge in [0.05, 0.1) is 12.2 Å². The van der Waals surface area contributed by atoms with E-state index in [-0.39, 0.29) is 19.0 Å². The molecule has 3 N–H and O–H groups in total. The Balaban J connectivity index is 2.11. The molecule has 2 atom stereocenters. The van der Waals surface area contributed by atoms with E-state index in [1.54, 1.807) is 18.3 Å². The summed E-state index contributed by atoms with van der Waals surface area (Å²) < 4.78 is 0. The van der Waals surface area contributed by atoms with Gasteiger partial charge in [-0.25, -0.2) is 4.98 Å². The molecule has 0 aliphatic carbocycles. The number of nitrogens with zero attached hydrogens (tertiary/aromatic N) is 2. The predicted molar refractivity (Wildman–Crippen MR) is 66.3 cm³/mol. The molecule has 1 amide bonds. The van der Waals surface area contributed by atoms with Gasteiger partial charge in [-0.1, -0.05) is 0 Å². The predicted octanol–water partition coefficient (Wildman–Crippen LogP) is -0.309. The van der Waals surface area contributed by atoms with Crippen LogP contribution in [0.25, 0.3) is 0 Å². The van der Waals surface area contributed by atoms with Crippen molar-refractivity contribution in [3.63, 3.8) is 0 Å². The number of β-amino-alcohol motifs (C(OH)–C–C–N with tert-alkyl or cyclic N) is 2. The highest BCUT2D eigenvalue weighted by molar-refractivity contribution is 5.95. The number of carbonyl (C=O) groups excluding carboxylic acids is 1. The average molecular weight is 251 g/mol. The van der Waals surface area contributed by atoms with Gasteiger partial charge in [-0.2, -0.15) is 0 Å². The molecular formula is C12H17N3O3. The zero-order valence-electron chi connectivity index (χ0n) is 10.2. The Labute approximate surface area is 105 Å². The van der Waals surface area contributed by atoms with Gasteiger partial charge in [-0.05, 0) is 19.1 Å². The van der Waals surface area contributed by atoms with Crippen molar-refractivity contribution in [1.82, 2.24) is 9.88 Å². The Kier molecular flexibility index (Phi) is 3.78. The minimum atomic E-state index is -0.857. The van der Waals surface area contributed by atoms with Gasteiger partial charge in [-0.3, -0.25) is 4.79 Å². The van der Waals surface area contributed by atoms with Crippen LogP contribution < -0.4 is 5.32 Å². The monoisotopic (exact) mass is 251 g/mol. The van der Waals surface area contributed by atoms with E-state index >= 15 is 0 Å². The molecular weight excluding hydrogens is 234 g/mol. The van der Waals surface area contributed by atoms with Crippen LogP contribution in [-0.4, -0.2) is 57.8 Å². The average Bonchev–Trinajstić information content (AvgIpc) is 2.69. The summed E-state index contributed by atoms with van der Waals surface area (Å²) in [5.74, 6) is 0.441. The molecule has 0 spiro atoms. The number of hydrogen-bond donors (Lipinski definition) is 3. The van der Waals surface area contributed by atoms with Gasteiger partial charge in [0.15, 0.2) is 0 Å². The summed E-state index contributed by atoms with van der Waals surface area (Å²) in [6.07, 6.45) is -0.151. The molecule has 0 aromatic carbocycles. The highest BCUT2D eigenvalue weighted by Crippen LogP contribution is 2.15. The van der Waals surface area contributed by atoms with Gasteiger partial charge in [-0.15, -0.1) is 0 Å². The molecule has 2 unspecified atom stereocenters. The van der Waals surface area contributed by atoms with E-state index in [1.165, 1.54) is 4.90 Å². The van der Waals surface area contributed by atoms with Gasteiger partial charge >= 0.3 is 0 Å². The topological polar surface area (TPSA) is 85.7 Å². The highest BCUT2D eigenvalue weighted by Gasteiger charge is 2.32. The number of anilines is 1. The first-order valence-corrected chi connectivity index (χ1v) is 5.97. The SMILES string of the molecule is CCNc1cc(C(=O)N2CC(O)C(O)C2)ccn1. The molecule has 1 aromatic heterocycles. The molecule has 0 saturated carbocycles. The maximum absolute atomic E-state index is 12.1. The number of aliphatic hydroxyl groups is 2. The molecule has 0 bridgehead atoms. The number of nitrogens with one attached hydrogen (secondary N) is 1. The van der Waals surface area contributed by atoms with Crippen molar-refractivity contribution >= 4 is 11.7 Å². The number of aromatic nitrogens is 1. The van der Waals surface area contributed by atoms with Crippen LogP contribution >= 0.6 is 0 Å². The van der Waals surface area contributed by atoms with E-state index in [4.69, 9.17) is 0 Å². The summed E-state index contributed by atoms with van der Waals surface area (Å²) in [4.78, 5) is 17.7. The van der Waals surface area contributed by atoms with E-state index in [9.17, 15) is 15.0 Å². The Morgan fingerprint density at radius 3 is 2.78 bits per heavy atom. The van der Waals surface area contributed by atoms with Crippen LogP contribution in [0.3, 0.4) is 0 Å². The standard InChI is InChI=1S/C12H17N3O3/c1-2-13-11-5-8(3-4-14-11)12(18)15-6-9(16)10(17)7-15/h3-5,9-10,16-17H,2,6-7H2,1H3,(H,13,14). The van der Waals surface area contributed by atoms with Crippen molar-refractivity contribution in [1.29, 1.82) is 0 Å². The molecule has 1 aliphatic rings. The van der Waals surface area contributed by atoms with Crippen molar-refractivity contribution in [3.05, 3.63) is 23.9 Å². The fraction of sp³-hybridized carbons (Fsp3) is 0.500.